The summed E-state index contributed by atoms with van der Waals surface area (Å²) < 4.78 is 10.2. The van der Waals surface area contributed by atoms with Crippen molar-refractivity contribution in [2.24, 2.45) is 0 Å². The zero-order valence-electron chi connectivity index (χ0n) is 11.7. The lowest BCUT2D eigenvalue weighted by molar-refractivity contribution is 0.129. The van der Waals surface area contributed by atoms with Gasteiger partial charge in [-0.1, -0.05) is 17.7 Å². The Morgan fingerprint density at radius 1 is 1.16 bits per heavy atom. The molecule has 0 aliphatic heterocycles. The lowest BCUT2D eigenvalue weighted by Crippen LogP contribution is -2.29. The Labute approximate surface area is 120 Å². The maximum Gasteiger partial charge on any atom is 0.0589 e. The summed E-state index contributed by atoms with van der Waals surface area (Å²) in [6.45, 7) is 4.11. The molecule has 1 rings (SSSR count). The van der Waals surface area contributed by atoms with Crippen molar-refractivity contribution in [2.45, 2.75) is 13.0 Å². The van der Waals surface area contributed by atoms with Crippen molar-refractivity contribution in [1.29, 1.82) is 0 Å². The second-order valence-electron chi connectivity index (χ2n) is 4.46. The fourth-order valence-electron chi connectivity index (χ4n) is 1.87. The van der Waals surface area contributed by atoms with Crippen molar-refractivity contribution in [3.8, 4) is 0 Å². The molecular formula is C14H23ClN2O2. The topological polar surface area (TPSA) is 47.7 Å². The molecule has 0 amide bonds. The Morgan fingerprint density at radius 2 is 1.89 bits per heavy atom. The van der Waals surface area contributed by atoms with Crippen molar-refractivity contribution in [1.82, 2.24) is 4.90 Å². The van der Waals surface area contributed by atoms with Crippen LogP contribution in [0.3, 0.4) is 0 Å². The third-order valence-electron chi connectivity index (χ3n) is 2.94. The first-order valence-electron chi connectivity index (χ1n) is 6.41. The molecule has 0 aliphatic carbocycles. The summed E-state index contributed by atoms with van der Waals surface area (Å²) in [5.41, 5.74) is 7.82. The van der Waals surface area contributed by atoms with Crippen LogP contribution in [0.25, 0.3) is 0 Å². The second-order valence-corrected chi connectivity index (χ2v) is 4.89. The maximum atomic E-state index is 5.99. The largest absolute Gasteiger partial charge is 0.398 e. The highest BCUT2D eigenvalue weighted by atomic mass is 35.5. The number of nitrogen functional groups attached to an aromatic ring is 1. The molecule has 0 spiro atoms. The highest BCUT2D eigenvalue weighted by molar-refractivity contribution is 6.30. The third kappa shape index (κ3) is 6.25. The van der Waals surface area contributed by atoms with Gasteiger partial charge in [-0.15, -0.1) is 0 Å². The highest BCUT2D eigenvalue weighted by Crippen LogP contribution is 2.19. The first kappa shape index (κ1) is 16.2. The van der Waals surface area contributed by atoms with Crippen LogP contribution in [0.5, 0.6) is 0 Å². The highest BCUT2D eigenvalue weighted by Gasteiger charge is 2.08. The first-order valence-corrected chi connectivity index (χ1v) is 6.79. The van der Waals surface area contributed by atoms with Crippen molar-refractivity contribution >= 4 is 17.3 Å². The smallest absolute Gasteiger partial charge is 0.0589 e. The Bertz CT molecular complexity index is 374. The van der Waals surface area contributed by atoms with Gasteiger partial charge in [0.15, 0.2) is 0 Å². The van der Waals surface area contributed by atoms with Crippen LogP contribution in [0.4, 0.5) is 5.69 Å². The molecule has 0 saturated heterocycles. The van der Waals surface area contributed by atoms with Crippen molar-refractivity contribution in [2.75, 3.05) is 46.3 Å². The number of nitrogens with two attached hydrogens (primary N) is 1. The number of methoxy groups -OCH3 is 2. The van der Waals surface area contributed by atoms with Gasteiger partial charge in [-0.3, -0.25) is 4.90 Å². The molecule has 0 aromatic heterocycles. The molecule has 0 unspecified atom stereocenters. The predicted octanol–water partition coefficient (Wildman–Crippen LogP) is 2.41. The SMILES string of the molecule is COCCCN(CCOC)Cc1ccc(Cl)cc1N. The van der Waals surface area contributed by atoms with Crippen LogP contribution >= 0.6 is 11.6 Å². The first-order chi connectivity index (χ1) is 9.17. The zero-order valence-corrected chi connectivity index (χ0v) is 12.4. The normalized spacial score (nSPS) is 11.2. The van der Waals surface area contributed by atoms with E-state index in [4.69, 9.17) is 26.8 Å². The van der Waals surface area contributed by atoms with E-state index in [2.05, 4.69) is 4.90 Å². The Hall–Kier alpha value is -0.810. The van der Waals surface area contributed by atoms with Crippen LogP contribution in [0.2, 0.25) is 5.02 Å². The summed E-state index contributed by atoms with van der Waals surface area (Å²) >= 11 is 5.91. The Kier molecular flexibility index (Phi) is 7.82. The Balaban J connectivity index is 2.58. The molecule has 1 aromatic carbocycles. The number of nitrogens with zero attached hydrogens (tertiary/aromatic N) is 1. The van der Waals surface area contributed by atoms with Gasteiger partial charge < -0.3 is 15.2 Å². The van der Waals surface area contributed by atoms with E-state index in [9.17, 15) is 0 Å². The van der Waals surface area contributed by atoms with Gasteiger partial charge in [0, 0.05) is 51.2 Å². The van der Waals surface area contributed by atoms with Gasteiger partial charge in [-0.25, -0.2) is 0 Å². The van der Waals surface area contributed by atoms with Crippen molar-refractivity contribution in [3.05, 3.63) is 28.8 Å². The fourth-order valence-corrected chi connectivity index (χ4v) is 2.05. The molecule has 0 bridgehead atoms. The van der Waals surface area contributed by atoms with E-state index in [1.54, 1.807) is 20.3 Å². The Morgan fingerprint density at radius 3 is 2.53 bits per heavy atom. The minimum absolute atomic E-state index is 0.670. The van der Waals surface area contributed by atoms with Gasteiger partial charge in [0.05, 0.1) is 6.61 Å². The van der Waals surface area contributed by atoms with Gasteiger partial charge in [0.1, 0.15) is 0 Å². The number of hydrogen-bond acceptors (Lipinski definition) is 4. The second kappa shape index (κ2) is 9.15. The van der Waals surface area contributed by atoms with Crippen LogP contribution in [-0.2, 0) is 16.0 Å². The molecule has 2 N–H and O–H groups in total. The van der Waals surface area contributed by atoms with Gasteiger partial charge in [0.25, 0.3) is 0 Å². The quantitative estimate of drug-likeness (QED) is 0.559. The predicted molar refractivity (Wildman–Crippen MR) is 79.5 cm³/mol. The van der Waals surface area contributed by atoms with E-state index in [1.807, 2.05) is 12.1 Å². The van der Waals surface area contributed by atoms with Crippen LogP contribution in [0.1, 0.15) is 12.0 Å². The van der Waals surface area contributed by atoms with Gasteiger partial charge in [-0.2, -0.15) is 0 Å². The lowest BCUT2D eigenvalue weighted by atomic mass is 10.1. The summed E-state index contributed by atoms with van der Waals surface area (Å²) in [6.07, 6.45) is 0.994. The summed E-state index contributed by atoms with van der Waals surface area (Å²) in [4.78, 5) is 2.31. The number of halogens is 1. The summed E-state index contributed by atoms with van der Waals surface area (Å²) in [7, 11) is 3.43. The van der Waals surface area contributed by atoms with E-state index in [-0.39, 0.29) is 0 Å². The standard InChI is InChI=1S/C14H23ClN2O2/c1-18-8-3-6-17(7-9-19-2)11-12-4-5-13(15)10-14(12)16/h4-5,10H,3,6-9,11,16H2,1-2H3. The molecule has 0 heterocycles. The van der Waals surface area contributed by atoms with E-state index in [1.165, 1.54) is 0 Å². The van der Waals surface area contributed by atoms with Crippen LogP contribution in [0.15, 0.2) is 18.2 Å². The van der Waals surface area contributed by atoms with E-state index >= 15 is 0 Å². The molecule has 5 heteroatoms. The maximum absolute atomic E-state index is 5.99. The van der Waals surface area contributed by atoms with Crippen LogP contribution in [0, 0.1) is 0 Å². The molecular weight excluding hydrogens is 264 g/mol. The molecule has 19 heavy (non-hydrogen) atoms. The monoisotopic (exact) mass is 286 g/mol. The number of benzene rings is 1. The lowest BCUT2D eigenvalue weighted by Gasteiger charge is -2.22. The van der Waals surface area contributed by atoms with Gasteiger partial charge in [0.2, 0.25) is 0 Å². The van der Waals surface area contributed by atoms with Crippen molar-refractivity contribution in [3.63, 3.8) is 0 Å². The molecule has 4 nitrogen and oxygen atoms in total. The molecule has 0 aliphatic rings. The average Bonchev–Trinajstić information content (AvgIpc) is 2.39. The number of ether oxygens (including phenoxy) is 2. The molecule has 1 aromatic rings. The minimum Gasteiger partial charge on any atom is -0.398 e. The van der Waals surface area contributed by atoms with E-state index < -0.39 is 0 Å². The molecule has 108 valence electrons. The minimum atomic E-state index is 0.670. The fraction of sp³-hybridized carbons (Fsp3) is 0.571. The van der Waals surface area contributed by atoms with Crippen LogP contribution < -0.4 is 5.73 Å². The van der Waals surface area contributed by atoms with Gasteiger partial charge >= 0.3 is 0 Å². The zero-order chi connectivity index (χ0) is 14.1. The molecule has 0 radical (unpaired) electrons. The average molecular weight is 287 g/mol. The number of anilines is 1. The van der Waals surface area contributed by atoms with Gasteiger partial charge in [-0.05, 0) is 24.1 Å². The molecule has 0 saturated carbocycles. The van der Waals surface area contributed by atoms with Crippen molar-refractivity contribution < 1.29 is 9.47 Å². The van der Waals surface area contributed by atoms with E-state index in [0.717, 1.165) is 43.9 Å². The van der Waals surface area contributed by atoms with Crippen LogP contribution in [-0.4, -0.2) is 45.4 Å². The van der Waals surface area contributed by atoms with E-state index in [0.29, 0.717) is 11.6 Å². The number of rotatable bonds is 9. The number of hydrogen-bond donors (Lipinski definition) is 1. The summed E-state index contributed by atoms with van der Waals surface area (Å²) in [6, 6.07) is 5.64. The summed E-state index contributed by atoms with van der Waals surface area (Å²) in [5, 5.41) is 0.670. The molecule has 0 atom stereocenters. The molecule has 0 fully saturated rings. The summed E-state index contributed by atoms with van der Waals surface area (Å²) in [5.74, 6) is 0. The third-order valence-corrected chi connectivity index (χ3v) is 3.17.